The van der Waals surface area contributed by atoms with Crippen molar-refractivity contribution >= 4 is 5.69 Å². The van der Waals surface area contributed by atoms with Crippen LogP contribution < -0.4 is 10.5 Å². The summed E-state index contributed by atoms with van der Waals surface area (Å²) in [6.07, 6.45) is 6.39. The zero-order valence-electron chi connectivity index (χ0n) is 12.9. The largest absolute Gasteiger partial charge is 0.470 e. The Morgan fingerprint density at radius 3 is 2.71 bits per heavy atom. The van der Waals surface area contributed by atoms with Gasteiger partial charge in [0.1, 0.15) is 17.7 Å². The molecule has 21 heavy (non-hydrogen) atoms. The third-order valence-corrected chi connectivity index (χ3v) is 3.55. The zero-order chi connectivity index (χ0) is 15.0. The van der Waals surface area contributed by atoms with Gasteiger partial charge in [-0.3, -0.25) is 4.57 Å². The molecule has 1 aliphatic rings. The third kappa shape index (κ3) is 2.86. The molecule has 2 aromatic rings. The highest BCUT2D eigenvalue weighted by atomic mass is 16.5. The van der Waals surface area contributed by atoms with Crippen LogP contribution in [0.15, 0.2) is 18.5 Å². The molecule has 0 spiro atoms. The number of fused-ring (bicyclic) bond motifs is 1. The Hall–Kier alpha value is -2.04. The summed E-state index contributed by atoms with van der Waals surface area (Å²) in [6.45, 7) is 5.96. The lowest BCUT2D eigenvalue weighted by Gasteiger charge is -2.22. The fourth-order valence-corrected chi connectivity index (χ4v) is 2.61. The smallest absolute Gasteiger partial charge is 0.239 e. The number of hydrogen-bond donors (Lipinski definition) is 1. The lowest BCUT2D eigenvalue weighted by Crippen LogP contribution is -2.24. The van der Waals surface area contributed by atoms with Crippen LogP contribution in [-0.2, 0) is 12.8 Å². The molecule has 5 nitrogen and oxygen atoms in total. The Labute approximate surface area is 125 Å². The van der Waals surface area contributed by atoms with Gasteiger partial charge in [0.05, 0.1) is 11.4 Å². The van der Waals surface area contributed by atoms with Gasteiger partial charge in [-0.1, -0.05) is 0 Å². The number of ether oxygens (including phenoxy) is 1. The Morgan fingerprint density at radius 1 is 1.19 bits per heavy atom. The fraction of sp³-hybridized carbons (Fsp3) is 0.500. The molecule has 2 heterocycles. The number of hydrogen-bond acceptors (Lipinski definition) is 4. The van der Waals surface area contributed by atoms with Crippen LogP contribution in [0.2, 0.25) is 0 Å². The summed E-state index contributed by atoms with van der Waals surface area (Å²) >= 11 is 0. The summed E-state index contributed by atoms with van der Waals surface area (Å²) < 4.78 is 7.90. The average molecular weight is 286 g/mol. The number of anilines is 1. The number of nitrogens with two attached hydrogens (primary N) is 1. The van der Waals surface area contributed by atoms with Crippen LogP contribution in [0.25, 0.3) is 5.82 Å². The van der Waals surface area contributed by atoms with E-state index in [0.717, 1.165) is 18.7 Å². The van der Waals surface area contributed by atoms with E-state index in [9.17, 15) is 0 Å². The van der Waals surface area contributed by atoms with Crippen LogP contribution in [0.3, 0.4) is 0 Å². The molecule has 3 rings (SSSR count). The molecule has 0 bridgehead atoms. The molecular weight excluding hydrogens is 264 g/mol. The van der Waals surface area contributed by atoms with Crippen molar-refractivity contribution in [1.29, 1.82) is 0 Å². The van der Waals surface area contributed by atoms with Gasteiger partial charge in [0.15, 0.2) is 0 Å². The van der Waals surface area contributed by atoms with E-state index in [1.165, 1.54) is 24.2 Å². The van der Waals surface area contributed by atoms with Gasteiger partial charge >= 0.3 is 0 Å². The summed E-state index contributed by atoms with van der Waals surface area (Å²) in [4.78, 5) is 9.09. The van der Waals surface area contributed by atoms with E-state index in [1.807, 2.05) is 39.2 Å². The molecule has 0 unspecified atom stereocenters. The molecule has 2 aromatic heterocycles. The van der Waals surface area contributed by atoms with Crippen molar-refractivity contribution in [3.05, 3.63) is 29.8 Å². The number of rotatable bonds is 2. The van der Waals surface area contributed by atoms with Gasteiger partial charge in [0, 0.05) is 5.69 Å². The van der Waals surface area contributed by atoms with Crippen molar-refractivity contribution in [2.45, 2.75) is 52.1 Å². The molecule has 0 aliphatic heterocycles. The van der Waals surface area contributed by atoms with Crippen LogP contribution in [0.4, 0.5) is 5.69 Å². The molecule has 0 amide bonds. The number of nitrogen functional groups attached to an aromatic ring is 1. The maximum Gasteiger partial charge on any atom is 0.239 e. The average Bonchev–Trinajstić information content (AvgIpc) is 2.84. The van der Waals surface area contributed by atoms with Crippen molar-refractivity contribution in [3.63, 3.8) is 0 Å². The number of aryl methyl sites for hydroxylation is 1. The first kappa shape index (κ1) is 13.9. The maximum atomic E-state index is 5.98. The lowest BCUT2D eigenvalue weighted by atomic mass is 10.0. The minimum Gasteiger partial charge on any atom is -0.470 e. The Balaban J connectivity index is 2.00. The summed E-state index contributed by atoms with van der Waals surface area (Å²) in [6, 6.07) is 3.76. The first-order valence-electron chi connectivity index (χ1n) is 7.45. The minimum atomic E-state index is -0.325. The second kappa shape index (κ2) is 5.06. The molecular formula is C16H22N4O. The van der Waals surface area contributed by atoms with Gasteiger partial charge < -0.3 is 10.5 Å². The third-order valence-electron chi connectivity index (χ3n) is 3.55. The number of aromatic nitrogens is 3. The molecule has 0 radical (unpaired) electrons. The summed E-state index contributed by atoms with van der Waals surface area (Å²) in [5.41, 5.74) is 8.67. The topological polar surface area (TPSA) is 66.0 Å². The van der Waals surface area contributed by atoms with Crippen molar-refractivity contribution in [3.8, 4) is 11.7 Å². The van der Waals surface area contributed by atoms with Gasteiger partial charge in [-0.05, 0) is 58.6 Å². The molecule has 0 atom stereocenters. The van der Waals surface area contributed by atoms with Crippen molar-refractivity contribution in [2.24, 2.45) is 0 Å². The van der Waals surface area contributed by atoms with E-state index < -0.39 is 0 Å². The summed E-state index contributed by atoms with van der Waals surface area (Å²) in [5, 5.41) is 0. The summed E-state index contributed by atoms with van der Waals surface area (Å²) in [7, 11) is 0. The highest BCUT2D eigenvalue weighted by molar-refractivity contribution is 5.51. The normalized spacial score (nSPS) is 14.8. The van der Waals surface area contributed by atoms with Gasteiger partial charge in [-0.2, -0.15) is 4.98 Å². The van der Waals surface area contributed by atoms with Crippen molar-refractivity contribution < 1.29 is 4.74 Å². The SMILES string of the molecule is CC(C)(C)Oc1nc(-n2cnc3c2CCCC3)ccc1N. The molecule has 0 aromatic carbocycles. The molecule has 5 heteroatoms. The van der Waals surface area contributed by atoms with Gasteiger partial charge in [0.2, 0.25) is 5.88 Å². The van der Waals surface area contributed by atoms with Crippen LogP contribution in [0, 0.1) is 0 Å². The minimum absolute atomic E-state index is 0.325. The molecule has 112 valence electrons. The monoisotopic (exact) mass is 286 g/mol. The first-order chi connectivity index (χ1) is 9.94. The quantitative estimate of drug-likeness (QED) is 0.922. The maximum absolute atomic E-state index is 5.98. The van der Waals surface area contributed by atoms with E-state index in [4.69, 9.17) is 10.5 Å². The van der Waals surface area contributed by atoms with Crippen LogP contribution >= 0.6 is 0 Å². The standard InChI is InChI=1S/C16H22N4O/c1-16(2,3)21-15-11(17)8-9-14(19-15)20-10-18-12-6-4-5-7-13(12)20/h8-10H,4-7,17H2,1-3H3. The van der Waals surface area contributed by atoms with Gasteiger partial charge in [-0.25, -0.2) is 4.98 Å². The van der Waals surface area contributed by atoms with Crippen LogP contribution in [0.1, 0.15) is 45.0 Å². The number of nitrogens with zero attached hydrogens (tertiary/aromatic N) is 3. The van der Waals surface area contributed by atoms with E-state index >= 15 is 0 Å². The second-order valence-electron chi connectivity index (χ2n) is 6.49. The summed E-state index contributed by atoms with van der Waals surface area (Å²) in [5.74, 6) is 1.30. The Kier molecular flexibility index (Phi) is 3.35. The fourth-order valence-electron chi connectivity index (χ4n) is 2.61. The predicted octanol–water partition coefficient (Wildman–Crippen LogP) is 2.91. The number of pyridine rings is 1. The van der Waals surface area contributed by atoms with E-state index in [1.54, 1.807) is 0 Å². The molecule has 2 N–H and O–H groups in total. The van der Waals surface area contributed by atoms with E-state index in [0.29, 0.717) is 11.6 Å². The van der Waals surface area contributed by atoms with Gasteiger partial charge in [0.25, 0.3) is 0 Å². The predicted molar refractivity (Wildman–Crippen MR) is 82.8 cm³/mol. The van der Waals surface area contributed by atoms with Crippen LogP contribution in [0.5, 0.6) is 5.88 Å². The van der Waals surface area contributed by atoms with E-state index in [2.05, 4.69) is 14.5 Å². The van der Waals surface area contributed by atoms with Crippen molar-refractivity contribution in [2.75, 3.05) is 5.73 Å². The first-order valence-corrected chi connectivity index (χ1v) is 7.45. The second-order valence-corrected chi connectivity index (χ2v) is 6.49. The Bertz CT molecular complexity index is 655. The Morgan fingerprint density at radius 2 is 1.95 bits per heavy atom. The molecule has 0 fully saturated rings. The van der Waals surface area contributed by atoms with Crippen LogP contribution in [-0.4, -0.2) is 20.1 Å². The van der Waals surface area contributed by atoms with Crippen molar-refractivity contribution in [1.82, 2.24) is 14.5 Å². The molecule has 0 saturated carbocycles. The molecule has 0 saturated heterocycles. The van der Waals surface area contributed by atoms with Gasteiger partial charge in [-0.15, -0.1) is 0 Å². The zero-order valence-corrected chi connectivity index (χ0v) is 12.9. The highest BCUT2D eigenvalue weighted by Gasteiger charge is 2.19. The lowest BCUT2D eigenvalue weighted by molar-refractivity contribution is 0.125. The number of imidazole rings is 1. The highest BCUT2D eigenvalue weighted by Crippen LogP contribution is 2.27. The molecule has 1 aliphatic carbocycles. The van der Waals surface area contributed by atoms with E-state index in [-0.39, 0.29) is 5.60 Å².